The van der Waals surface area contributed by atoms with E-state index in [1.165, 1.54) is 0 Å². The molecule has 0 fully saturated rings. The van der Waals surface area contributed by atoms with E-state index in [0.29, 0.717) is 18.7 Å². The molecule has 0 bridgehead atoms. The Hall–Kier alpha value is -3.19. The van der Waals surface area contributed by atoms with Crippen LogP contribution >= 0.6 is 0 Å². The van der Waals surface area contributed by atoms with E-state index in [1.54, 1.807) is 35.9 Å². The summed E-state index contributed by atoms with van der Waals surface area (Å²) in [6.45, 7) is 2.80. The normalized spacial score (nSPS) is 10.7. The predicted molar refractivity (Wildman–Crippen MR) is 103 cm³/mol. The summed E-state index contributed by atoms with van der Waals surface area (Å²) in [5.74, 6) is -0.551. The number of carbonyl (C=O) groups excluding carboxylic acids is 2. The van der Waals surface area contributed by atoms with E-state index in [9.17, 15) is 9.59 Å². The van der Waals surface area contributed by atoms with Gasteiger partial charge in [-0.3, -0.25) is 14.0 Å². The molecule has 27 heavy (non-hydrogen) atoms. The quantitative estimate of drug-likeness (QED) is 0.629. The summed E-state index contributed by atoms with van der Waals surface area (Å²) in [4.78, 5) is 29.6. The third kappa shape index (κ3) is 3.98. The van der Waals surface area contributed by atoms with Crippen LogP contribution in [0.4, 0.5) is 5.69 Å². The number of hydrogen-bond donors (Lipinski definition) is 2. The molecule has 7 nitrogen and oxygen atoms in total. The van der Waals surface area contributed by atoms with Crippen LogP contribution in [0.1, 0.15) is 33.6 Å². The number of nitrogens with zero attached hydrogens (tertiary/aromatic N) is 2. The highest BCUT2D eigenvalue weighted by Gasteiger charge is 2.21. The molecule has 0 saturated heterocycles. The second-order valence-electron chi connectivity index (χ2n) is 5.95. The van der Waals surface area contributed by atoms with Crippen molar-refractivity contribution in [2.75, 3.05) is 25.6 Å². The van der Waals surface area contributed by atoms with Gasteiger partial charge in [-0.25, -0.2) is 4.98 Å². The maximum atomic E-state index is 12.8. The topological polar surface area (TPSA) is 84.7 Å². The summed E-state index contributed by atoms with van der Waals surface area (Å²) in [7, 11) is 1.56. The zero-order chi connectivity index (χ0) is 19.2. The summed E-state index contributed by atoms with van der Waals surface area (Å²) in [5, 5.41) is 5.64. The third-order valence-corrected chi connectivity index (χ3v) is 4.20. The highest BCUT2D eigenvalue weighted by molar-refractivity contribution is 6.06. The van der Waals surface area contributed by atoms with Crippen molar-refractivity contribution in [3.05, 3.63) is 65.7 Å². The molecule has 0 unspecified atom stereocenters. The van der Waals surface area contributed by atoms with E-state index in [2.05, 4.69) is 15.6 Å². The number of methoxy groups -OCH3 is 1. The highest BCUT2D eigenvalue weighted by atomic mass is 16.5. The standard InChI is InChI=1S/C20H22N4O3/c1-3-14-8-4-5-9-15(14)22-20(26)18-23-17(19(25)21-11-13-27-2)16-10-6-7-12-24(16)18/h4-10,12H,3,11,13H2,1-2H3,(H,21,25)(H,22,26). The minimum atomic E-state index is -0.368. The smallest absolute Gasteiger partial charge is 0.292 e. The SMILES string of the molecule is CCc1ccccc1NC(=O)c1nc(C(=O)NCCOC)c2ccccn12. The van der Waals surface area contributed by atoms with Crippen LogP contribution in [0.15, 0.2) is 48.7 Å². The molecule has 0 saturated carbocycles. The number of ether oxygens (including phenoxy) is 1. The van der Waals surface area contributed by atoms with Gasteiger partial charge in [0.05, 0.1) is 12.1 Å². The molecule has 3 rings (SSSR count). The van der Waals surface area contributed by atoms with Crippen LogP contribution in [0.5, 0.6) is 0 Å². The first-order valence-electron chi connectivity index (χ1n) is 8.79. The van der Waals surface area contributed by atoms with E-state index in [-0.39, 0.29) is 23.3 Å². The van der Waals surface area contributed by atoms with Crippen LogP contribution in [0, 0.1) is 0 Å². The van der Waals surface area contributed by atoms with Gasteiger partial charge in [0.1, 0.15) is 0 Å². The third-order valence-electron chi connectivity index (χ3n) is 4.20. The number of para-hydroxylation sites is 1. The van der Waals surface area contributed by atoms with Crippen LogP contribution < -0.4 is 10.6 Å². The van der Waals surface area contributed by atoms with Gasteiger partial charge in [0, 0.05) is 25.5 Å². The number of hydrogen-bond acceptors (Lipinski definition) is 4. The van der Waals surface area contributed by atoms with E-state index in [4.69, 9.17) is 4.74 Å². The minimum Gasteiger partial charge on any atom is -0.383 e. The Balaban J connectivity index is 1.92. The average molecular weight is 366 g/mol. The fourth-order valence-electron chi connectivity index (χ4n) is 2.84. The second-order valence-corrected chi connectivity index (χ2v) is 5.95. The summed E-state index contributed by atoms with van der Waals surface area (Å²) in [6, 6.07) is 13.0. The van der Waals surface area contributed by atoms with E-state index in [0.717, 1.165) is 17.7 Å². The molecule has 2 amide bonds. The van der Waals surface area contributed by atoms with Crippen LogP contribution in [-0.4, -0.2) is 41.5 Å². The number of aryl methyl sites for hydroxylation is 1. The van der Waals surface area contributed by atoms with Crippen molar-refractivity contribution in [2.24, 2.45) is 0 Å². The van der Waals surface area contributed by atoms with Crippen molar-refractivity contribution in [1.29, 1.82) is 0 Å². The number of nitrogens with one attached hydrogen (secondary N) is 2. The molecule has 140 valence electrons. The predicted octanol–water partition coefficient (Wildman–Crippen LogP) is 2.53. The van der Waals surface area contributed by atoms with Gasteiger partial charge in [-0.2, -0.15) is 0 Å². The molecule has 0 aliphatic heterocycles. The van der Waals surface area contributed by atoms with Crippen molar-refractivity contribution in [3.8, 4) is 0 Å². The molecular formula is C20H22N4O3. The fraction of sp³-hybridized carbons (Fsp3) is 0.250. The van der Waals surface area contributed by atoms with Crippen molar-refractivity contribution in [3.63, 3.8) is 0 Å². The number of imidazole rings is 1. The van der Waals surface area contributed by atoms with Crippen molar-refractivity contribution in [1.82, 2.24) is 14.7 Å². The van der Waals surface area contributed by atoms with Gasteiger partial charge in [0.25, 0.3) is 11.8 Å². The Kier molecular flexibility index (Phi) is 5.83. The van der Waals surface area contributed by atoms with Gasteiger partial charge in [-0.05, 0) is 30.2 Å². The fourth-order valence-corrected chi connectivity index (χ4v) is 2.84. The number of fused-ring (bicyclic) bond motifs is 1. The Morgan fingerprint density at radius 1 is 1.11 bits per heavy atom. The molecule has 2 N–H and O–H groups in total. The first-order valence-corrected chi connectivity index (χ1v) is 8.79. The molecule has 0 aliphatic rings. The van der Waals surface area contributed by atoms with Gasteiger partial charge in [0.15, 0.2) is 5.69 Å². The average Bonchev–Trinajstić information content (AvgIpc) is 3.08. The lowest BCUT2D eigenvalue weighted by molar-refractivity contribution is 0.0934. The Morgan fingerprint density at radius 2 is 1.89 bits per heavy atom. The lowest BCUT2D eigenvalue weighted by Gasteiger charge is -2.08. The molecule has 0 spiro atoms. The highest BCUT2D eigenvalue weighted by Crippen LogP contribution is 2.18. The van der Waals surface area contributed by atoms with Crippen LogP contribution in [0.25, 0.3) is 5.52 Å². The monoisotopic (exact) mass is 366 g/mol. The number of carbonyl (C=O) groups is 2. The molecule has 2 aromatic heterocycles. The lowest BCUT2D eigenvalue weighted by atomic mass is 10.1. The van der Waals surface area contributed by atoms with E-state index >= 15 is 0 Å². The number of aromatic nitrogens is 2. The summed E-state index contributed by atoms with van der Waals surface area (Å²) >= 11 is 0. The van der Waals surface area contributed by atoms with Gasteiger partial charge in [0.2, 0.25) is 5.82 Å². The van der Waals surface area contributed by atoms with Crippen LogP contribution in [0.3, 0.4) is 0 Å². The number of amides is 2. The summed E-state index contributed by atoms with van der Waals surface area (Å²) in [6.07, 6.45) is 2.51. The minimum absolute atomic E-state index is 0.161. The zero-order valence-electron chi connectivity index (χ0n) is 15.4. The first kappa shape index (κ1) is 18.6. The zero-order valence-corrected chi connectivity index (χ0v) is 15.4. The van der Waals surface area contributed by atoms with Crippen molar-refractivity contribution >= 4 is 23.0 Å². The maximum Gasteiger partial charge on any atom is 0.292 e. The Labute approximate surface area is 157 Å². The number of benzene rings is 1. The molecule has 0 aliphatic carbocycles. The molecule has 2 heterocycles. The second kappa shape index (κ2) is 8.46. The van der Waals surface area contributed by atoms with Gasteiger partial charge < -0.3 is 15.4 Å². The number of pyridine rings is 1. The maximum absolute atomic E-state index is 12.8. The first-order chi connectivity index (χ1) is 13.2. The van der Waals surface area contributed by atoms with Crippen molar-refractivity contribution in [2.45, 2.75) is 13.3 Å². The molecular weight excluding hydrogens is 344 g/mol. The largest absolute Gasteiger partial charge is 0.383 e. The molecule has 0 radical (unpaired) electrons. The molecule has 7 heteroatoms. The number of anilines is 1. The Bertz CT molecular complexity index is 965. The van der Waals surface area contributed by atoms with Crippen molar-refractivity contribution < 1.29 is 14.3 Å². The summed E-state index contributed by atoms with van der Waals surface area (Å²) in [5.41, 5.74) is 2.55. The molecule has 0 atom stereocenters. The Morgan fingerprint density at radius 3 is 2.67 bits per heavy atom. The van der Waals surface area contributed by atoms with Gasteiger partial charge >= 0.3 is 0 Å². The number of rotatable bonds is 7. The molecule has 1 aromatic carbocycles. The lowest BCUT2D eigenvalue weighted by Crippen LogP contribution is -2.27. The van der Waals surface area contributed by atoms with Gasteiger partial charge in [-0.15, -0.1) is 0 Å². The van der Waals surface area contributed by atoms with Crippen LogP contribution in [0.2, 0.25) is 0 Å². The van der Waals surface area contributed by atoms with E-state index in [1.807, 2.05) is 31.2 Å². The van der Waals surface area contributed by atoms with Crippen LogP contribution in [-0.2, 0) is 11.2 Å². The van der Waals surface area contributed by atoms with Gasteiger partial charge in [-0.1, -0.05) is 31.2 Å². The van der Waals surface area contributed by atoms with E-state index < -0.39 is 0 Å². The molecule has 3 aromatic rings. The summed E-state index contributed by atoms with van der Waals surface area (Å²) < 4.78 is 6.56.